The Morgan fingerprint density at radius 1 is 1.00 bits per heavy atom. The quantitative estimate of drug-likeness (QED) is 0.667. The molecule has 2 N–H and O–H groups in total. The monoisotopic (exact) mass is 446 g/mol. The first kappa shape index (κ1) is 18.5. The van der Waals surface area contributed by atoms with Crippen LogP contribution in [0.2, 0.25) is 0 Å². The highest BCUT2D eigenvalue weighted by atomic mass is 79.9. The van der Waals surface area contributed by atoms with Gasteiger partial charge in [-0.05, 0) is 36.4 Å². The van der Waals surface area contributed by atoms with Crippen LogP contribution in [0, 0.1) is 0 Å². The Balaban J connectivity index is 2.16. The molecule has 0 aliphatic heterocycles. The van der Waals surface area contributed by atoms with Gasteiger partial charge in [0.25, 0.3) is 5.82 Å². The molecule has 0 unspecified atom stereocenters. The van der Waals surface area contributed by atoms with Gasteiger partial charge in [-0.2, -0.15) is 13.2 Å². The minimum absolute atomic E-state index is 0.0341. The molecule has 0 bridgehead atoms. The highest BCUT2D eigenvalue weighted by Crippen LogP contribution is 2.31. The number of rotatable bonds is 3. The molecule has 0 aliphatic carbocycles. The first-order chi connectivity index (χ1) is 12.1. The zero-order valence-electron chi connectivity index (χ0n) is 12.8. The minimum Gasteiger partial charge on any atom is -0.225 e. The molecule has 26 heavy (non-hydrogen) atoms. The second-order valence-corrected chi connectivity index (χ2v) is 7.69. The van der Waals surface area contributed by atoms with Crippen molar-refractivity contribution in [3.8, 4) is 17.1 Å². The molecule has 2 aromatic carbocycles. The van der Waals surface area contributed by atoms with E-state index in [0.717, 1.165) is 9.15 Å². The fraction of sp³-hybridized carbons (Fsp3) is 0.0667. The van der Waals surface area contributed by atoms with Gasteiger partial charge in [0.05, 0.1) is 10.6 Å². The van der Waals surface area contributed by atoms with E-state index in [-0.39, 0.29) is 16.4 Å². The number of nitrogens with two attached hydrogens (primary N) is 1. The summed E-state index contributed by atoms with van der Waals surface area (Å²) < 4.78 is 63.6. The van der Waals surface area contributed by atoms with E-state index in [0.29, 0.717) is 5.56 Å². The summed E-state index contributed by atoms with van der Waals surface area (Å²) in [5, 5.41) is 8.56. The van der Waals surface area contributed by atoms with Gasteiger partial charge in [-0.25, -0.2) is 23.2 Å². The van der Waals surface area contributed by atoms with Gasteiger partial charge < -0.3 is 0 Å². The van der Waals surface area contributed by atoms with Gasteiger partial charge in [0.2, 0.25) is 10.0 Å². The molecular formula is C15H10BrF3N4O2S. The molecule has 3 rings (SSSR count). The third-order valence-electron chi connectivity index (χ3n) is 3.37. The standard InChI is InChI=1S/C15H10BrF3N4O2S/c16-10-3-1-9(2-4-10)13-21-14(15(17,18)19)22-23(13)11-5-7-12(8-6-11)26(20,24)25/h1-8H,(H2,20,24,25). The summed E-state index contributed by atoms with van der Waals surface area (Å²) in [5.74, 6) is -1.33. The van der Waals surface area contributed by atoms with Crippen molar-refractivity contribution in [3.63, 3.8) is 0 Å². The van der Waals surface area contributed by atoms with Crippen molar-refractivity contribution in [2.75, 3.05) is 0 Å². The molecule has 1 heterocycles. The van der Waals surface area contributed by atoms with Crippen LogP contribution in [-0.4, -0.2) is 23.2 Å². The molecule has 3 aromatic rings. The lowest BCUT2D eigenvalue weighted by atomic mass is 10.2. The summed E-state index contributed by atoms with van der Waals surface area (Å²) in [6, 6.07) is 11.5. The van der Waals surface area contributed by atoms with E-state index in [1.807, 2.05) is 0 Å². The van der Waals surface area contributed by atoms with Gasteiger partial charge in [-0.3, -0.25) is 0 Å². The third kappa shape index (κ3) is 3.79. The molecule has 0 aliphatic rings. The van der Waals surface area contributed by atoms with Gasteiger partial charge in [0.1, 0.15) is 0 Å². The van der Waals surface area contributed by atoms with Crippen molar-refractivity contribution in [2.24, 2.45) is 5.14 Å². The summed E-state index contributed by atoms with van der Waals surface area (Å²) in [7, 11) is -3.92. The number of aromatic nitrogens is 3. The molecule has 6 nitrogen and oxygen atoms in total. The number of halogens is 4. The minimum atomic E-state index is -4.73. The second kappa shape index (κ2) is 6.49. The molecule has 0 radical (unpaired) electrons. The van der Waals surface area contributed by atoms with Crippen LogP contribution in [0.15, 0.2) is 57.9 Å². The predicted molar refractivity (Wildman–Crippen MR) is 90.9 cm³/mol. The molecular weight excluding hydrogens is 437 g/mol. The summed E-state index contributed by atoms with van der Waals surface area (Å²) in [6.07, 6.45) is -4.73. The Kier molecular flexibility index (Phi) is 4.63. The lowest BCUT2D eigenvalue weighted by Crippen LogP contribution is -2.12. The normalized spacial score (nSPS) is 12.3. The predicted octanol–water partition coefficient (Wildman–Crippen LogP) is 3.36. The largest absolute Gasteiger partial charge is 0.453 e. The maximum Gasteiger partial charge on any atom is 0.453 e. The smallest absolute Gasteiger partial charge is 0.225 e. The topological polar surface area (TPSA) is 90.9 Å². The van der Waals surface area contributed by atoms with Crippen molar-refractivity contribution in [1.29, 1.82) is 0 Å². The van der Waals surface area contributed by atoms with Crippen LogP contribution in [0.3, 0.4) is 0 Å². The van der Waals surface area contributed by atoms with Crippen molar-refractivity contribution < 1.29 is 21.6 Å². The number of nitrogens with zero attached hydrogens (tertiary/aromatic N) is 3. The van der Waals surface area contributed by atoms with Crippen LogP contribution >= 0.6 is 15.9 Å². The molecule has 0 fully saturated rings. The van der Waals surface area contributed by atoms with Crippen molar-refractivity contribution >= 4 is 26.0 Å². The number of alkyl halides is 3. The Hall–Kier alpha value is -2.24. The average Bonchev–Trinajstić information content (AvgIpc) is 3.00. The number of hydrogen-bond donors (Lipinski definition) is 1. The fourth-order valence-corrected chi connectivity index (χ4v) is 2.95. The van der Waals surface area contributed by atoms with Crippen molar-refractivity contribution in [1.82, 2.24) is 14.8 Å². The lowest BCUT2D eigenvalue weighted by Gasteiger charge is -2.07. The van der Waals surface area contributed by atoms with Gasteiger partial charge in [-0.1, -0.05) is 28.1 Å². The van der Waals surface area contributed by atoms with Crippen molar-refractivity contribution in [2.45, 2.75) is 11.1 Å². The first-order valence-electron chi connectivity index (χ1n) is 6.99. The van der Waals surface area contributed by atoms with E-state index in [9.17, 15) is 21.6 Å². The van der Waals surface area contributed by atoms with E-state index in [4.69, 9.17) is 5.14 Å². The van der Waals surface area contributed by atoms with Gasteiger partial charge in [0.15, 0.2) is 5.82 Å². The maximum absolute atomic E-state index is 13.1. The van der Waals surface area contributed by atoms with Crippen LogP contribution in [0.1, 0.15) is 5.82 Å². The van der Waals surface area contributed by atoms with E-state index in [1.165, 1.54) is 24.3 Å². The fourth-order valence-electron chi connectivity index (χ4n) is 2.18. The van der Waals surface area contributed by atoms with Crippen LogP contribution < -0.4 is 5.14 Å². The summed E-state index contributed by atoms with van der Waals surface area (Å²) >= 11 is 3.25. The van der Waals surface area contributed by atoms with E-state index in [2.05, 4.69) is 26.0 Å². The SMILES string of the molecule is NS(=O)(=O)c1ccc(-n2nc(C(F)(F)F)nc2-c2ccc(Br)cc2)cc1. The van der Waals surface area contributed by atoms with E-state index in [1.54, 1.807) is 24.3 Å². The summed E-state index contributed by atoms with van der Waals surface area (Å²) in [4.78, 5) is 3.43. The molecule has 0 atom stereocenters. The summed E-state index contributed by atoms with van der Waals surface area (Å²) in [6.45, 7) is 0. The third-order valence-corrected chi connectivity index (χ3v) is 4.83. The van der Waals surface area contributed by atoms with Crippen LogP contribution in [0.5, 0.6) is 0 Å². The highest BCUT2D eigenvalue weighted by molar-refractivity contribution is 9.10. The zero-order chi connectivity index (χ0) is 19.1. The number of hydrogen-bond acceptors (Lipinski definition) is 4. The molecule has 136 valence electrons. The Morgan fingerprint density at radius 3 is 2.08 bits per heavy atom. The van der Waals surface area contributed by atoms with Gasteiger partial charge in [0, 0.05) is 10.0 Å². The first-order valence-corrected chi connectivity index (χ1v) is 9.33. The second-order valence-electron chi connectivity index (χ2n) is 5.21. The number of benzene rings is 2. The summed E-state index contributed by atoms with van der Waals surface area (Å²) in [5.41, 5.74) is 0.616. The molecule has 0 amide bonds. The molecule has 11 heteroatoms. The average molecular weight is 447 g/mol. The maximum atomic E-state index is 13.1. The Bertz CT molecular complexity index is 1050. The number of primary sulfonamides is 1. The number of sulfonamides is 1. The van der Waals surface area contributed by atoms with Crippen molar-refractivity contribution in [3.05, 3.63) is 58.8 Å². The van der Waals surface area contributed by atoms with E-state index < -0.39 is 22.0 Å². The molecule has 0 saturated carbocycles. The highest BCUT2D eigenvalue weighted by Gasteiger charge is 2.37. The Labute approximate surface area is 154 Å². The van der Waals surface area contributed by atoms with Gasteiger partial charge in [-0.15, -0.1) is 5.10 Å². The Morgan fingerprint density at radius 2 is 1.58 bits per heavy atom. The van der Waals surface area contributed by atoms with E-state index >= 15 is 0 Å². The zero-order valence-corrected chi connectivity index (χ0v) is 15.2. The van der Waals surface area contributed by atoms with Crippen LogP contribution in [-0.2, 0) is 16.2 Å². The molecule has 1 aromatic heterocycles. The lowest BCUT2D eigenvalue weighted by molar-refractivity contribution is -0.144. The van der Waals surface area contributed by atoms with Crippen LogP contribution in [0.4, 0.5) is 13.2 Å². The molecule has 0 saturated heterocycles. The van der Waals surface area contributed by atoms with Crippen LogP contribution in [0.25, 0.3) is 17.1 Å². The van der Waals surface area contributed by atoms with Gasteiger partial charge >= 0.3 is 6.18 Å². The molecule has 0 spiro atoms.